The van der Waals surface area contributed by atoms with E-state index in [1.54, 1.807) is 0 Å². The zero-order valence-electron chi connectivity index (χ0n) is 9.15. The van der Waals surface area contributed by atoms with E-state index in [9.17, 15) is 9.59 Å². The quantitative estimate of drug-likeness (QED) is 0.608. The van der Waals surface area contributed by atoms with Crippen molar-refractivity contribution in [2.45, 2.75) is 0 Å². The van der Waals surface area contributed by atoms with Crippen molar-refractivity contribution in [3.8, 4) is 0 Å². The number of aliphatic carboxylic acids is 1. The highest BCUT2D eigenvalue weighted by molar-refractivity contribution is 6.34. The van der Waals surface area contributed by atoms with Gasteiger partial charge in [0.2, 0.25) is 0 Å². The molecule has 6 nitrogen and oxygen atoms in total. The maximum atomic E-state index is 11.6. The molecule has 0 atom stereocenters. The first-order valence-electron chi connectivity index (χ1n) is 4.90. The van der Waals surface area contributed by atoms with E-state index in [1.807, 2.05) is 0 Å². The third kappa shape index (κ3) is 4.87. The molecular formula is C10H10Cl2N2O4. The largest absolute Gasteiger partial charge is 0.480 e. The Hall–Kier alpha value is -1.37. The third-order valence-electron chi connectivity index (χ3n) is 1.82. The molecule has 0 spiro atoms. The number of rotatable bonds is 6. The molecule has 18 heavy (non-hydrogen) atoms. The van der Waals surface area contributed by atoms with Crippen molar-refractivity contribution in [3.63, 3.8) is 0 Å². The summed E-state index contributed by atoms with van der Waals surface area (Å²) < 4.78 is 4.75. The lowest BCUT2D eigenvalue weighted by atomic mass is 10.2. The van der Waals surface area contributed by atoms with Crippen LogP contribution in [0.5, 0.6) is 0 Å². The van der Waals surface area contributed by atoms with Gasteiger partial charge >= 0.3 is 5.97 Å². The molecular weight excluding hydrogens is 283 g/mol. The molecule has 1 rings (SSSR count). The van der Waals surface area contributed by atoms with Crippen molar-refractivity contribution in [2.24, 2.45) is 0 Å². The molecule has 0 aromatic carbocycles. The number of aromatic nitrogens is 1. The summed E-state index contributed by atoms with van der Waals surface area (Å²) in [5, 5.41) is 11.0. The van der Waals surface area contributed by atoms with Crippen LogP contribution in [0.1, 0.15) is 10.4 Å². The van der Waals surface area contributed by atoms with Gasteiger partial charge in [0.05, 0.1) is 12.2 Å². The fourth-order valence-electron chi connectivity index (χ4n) is 1.07. The van der Waals surface area contributed by atoms with Gasteiger partial charge in [-0.15, -0.1) is 0 Å². The number of ether oxygens (including phenoxy) is 1. The number of pyridine rings is 1. The Labute approximate surface area is 113 Å². The minimum Gasteiger partial charge on any atom is -0.480 e. The Morgan fingerprint density at radius 3 is 2.72 bits per heavy atom. The van der Waals surface area contributed by atoms with Gasteiger partial charge in [0.1, 0.15) is 16.9 Å². The fraction of sp³-hybridized carbons (Fsp3) is 0.300. The second-order valence-electron chi connectivity index (χ2n) is 3.17. The normalized spacial score (nSPS) is 10.1. The van der Waals surface area contributed by atoms with Crippen LogP contribution in [0.3, 0.4) is 0 Å². The molecule has 0 aliphatic rings. The highest BCUT2D eigenvalue weighted by atomic mass is 35.5. The van der Waals surface area contributed by atoms with Crippen LogP contribution in [-0.2, 0) is 9.53 Å². The van der Waals surface area contributed by atoms with E-state index in [0.29, 0.717) is 0 Å². The summed E-state index contributed by atoms with van der Waals surface area (Å²) >= 11 is 11.3. The topological polar surface area (TPSA) is 88.5 Å². The second kappa shape index (κ2) is 7.15. The van der Waals surface area contributed by atoms with E-state index >= 15 is 0 Å². The van der Waals surface area contributed by atoms with Gasteiger partial charge in [0.25, 0.3) is 5.91 Å². The maximum Gasteiger partial charge on any atom is 0.329 e. The predicted octanol–water partition coefficient (Wildman–Crippen LogP) is 1.22. The first-order valence-corrected chi connectivity index (χ1v) is 5.66. The molecule has 0 fully saturated rings. The summed E-state index contributed by atoms with van der Waals surface area (Å²) in [6, 6.07) is 2.90. The summed E-state index contributed by atoms with van der Waals surface area (Å²) in [6.45, 7) is -0.138. The Bertz CT molecular complexity index is 454. The highest BCUT2D eigenvalue weighted by Crippen LogP contribution is 2.16. The number of carbonyl (C=O) groups excluding carboxylic acids is 1. The van der Waals surface area contributed by atoms with E-state index in [0.717, 1.165) is 0 Å². The van der Waals surface area contributed by atoms with Crippen LogP contribution in [0.15, 0.2) is 12.1 Å². The standard InChI is InChI=1S/C10H10Cl2N2O4/c11-7-2-1-6(9(12)14-7)10(17)13-3-4-18-5-8(15)16/h1-2H,3-5H2,(H,13,17)(H,15,16). The zero-order valence-corrected chi connectivity index (χ0v) is 10.7. The van der Waals surface area contributed by atoms with Crippen molar-refractivity contribution >= 4 is 35.1 Å². The van der Waals surface area contributed by atoms with E-state index < -0.39 is 18.5 Å². The average Bonchev–Trinajstić information content (AvgIpc) is 2.27. The molecule has 98 valence electrons. The lowest BCUT2D eigenvalue weighted by Crippen LogP contribution is -2.28. The fourth-order valence-corrected chi connectivity index (χ4v) is 1.50. The lowest BCUT2D eigenvalue weighted by Gasteiger charge is -2.06. The monoisotopic (exact) mass is 292 g/mol. The number of carboxylic acids is 1. The molecule has 0 unspecified atom stereocenters. The number of halogens is 2. The van der Waals surface area contributed by atoms with E-state index in [2.05, 4.69) is 10.3 Å². The summed E-state index contributed by atoms with van der Waals surface area (Å²) in [4.78, 5) is 25.5. The summed E-state index contributed by atoms with van der Waals surface area (Å²) in [6.07, 6.45) is 0. The lowest BCUT2D eigenvalue weighted by molar-refractivity contribution is -0.142. The Balaban J connectivity index is 2.39. The van der Waals surface area contributed by atoms with Crippen molar-refractivity contribution in [2.75, 3.05) is 19.8 Å². The summed E-state index contributed by atoms with van der Waals surface area (Å²) in [5.74, 6) is -1.49. The zero-order chi connectivity index (χ0) is 13.5. The van der Waals surface area contributed by atoms with Crippen molar-refractivity contribution in [1.29, 1.82) is 0 Å². The molecule has 0 bridgehead atoms. The smallest absolute Gasteiger partial charge is 0.329 e. The molecule has 1 heterocycles. The van der Waals surface area contributed by atoms with Crippen LogP contribution in [0, 0.1) is 0 Å². The molecule has 8 heteroatoms. The molecule has 0 saturated carbocycles. The van der Waals surface area contributed by atoms with E-state index in [1.165, 1.54) is 12.1 Å². The van der Waals surface area contributed by atoms with Gasteiger partial charge in [-0.1, -0.05) is 23.2 Å². The van der Waals surface area contributed by atoms with Crippen molar-refractivity contribution < 1.29 is 19.4 Å². The van der Waals surface area contributed by atoms with Crippen LogP contribution >= 0.6 is 23.2 Å². The van der Waals surface area contributed by atoms with E-state index in [-0.39, 0.29) is 29.0 Å². The van der Waals surface area contributed by atoms with Crippen LogP contribution < -0.4 is 5.32 Å². The van der Waals surface area contributed by atoms with Crippen LogP contribution in [0.2, 0.25) is 10.3 Å². The Kier molecular flexibility index (Phi) is 5.84. The Morgan fingerprint density at radius 1 is 1.39 bits per heavy atom. The van der Waals surface area contributed by atoms with Gasteiger partial charge in [-0.2, -0.15) is 0 Å². The minimum atomic E-state index is -1.06. The van der Waals surface area contributed by atoms with E-state index in [4.69, 9.17) is 33.0 Å². The number of nitrogens with one attached hydrogen (secondary N) is 1. The number of hydrogen-bond acceptors (Lipinski definition) is 4. The first kappa shape index (κ1) is 14.7. The third-order valence-corrected chi connectivity index (χ3v) is 2.32. The maximum absolute atomic E-state index is 11.6. The minimum absolute atomic E-state index is 0.00598. The summed E-state index contributed by atoms with van der Waals surface area (Å²) in [7, 11) is 0. The Morgan fingerprint density at radius 2 is 2.11 bits per heavy atom. The second-order valence-corrected chi connectivity index (χ2v) is 3.92. The van der Waals surface area contributed by atoms with Gasteiger partial charge in [-0.25, -0.2) is 9.78 Å². The van der Waals surface area contributed by atoms with Gasteiger partial charge in [0, 0.05) is 6.54 Å². The van der Waals surface area contributed by atoms with Crippen LogP contribution in [-0.4, -0.2) is 41.7 Å². The first-order chi connectivity index (χ1) is 8.50. The molecule has 1 aromatic heterocycles. The molecule has 0 radical (unpaired) electrons. The predicted molar refractivity (Wildman–Crippen MR) is 65.0 cm³/mol. The van der Waals surface area contributed by atoms with Crippen LogP contribution in [0.25, 0.3) is 0 Å². The number of hydrogen-bond donors (Lipinski definition) is 2. The number of carboxylic acid groups (broad SMARTS) is 1. The van der Waals surface area contributed by atoms with Gasteiger partial charge in [0.15, 0.2) is 0 Å². The van der Waals surface area contributed by atoms with Gasteiger partial charge in [-0.3, -0.25) is 4.79 Å². The number of nitrogens with zero attached hydrogens (tertiary/aromatic N) is 1. The number of amides is 1. The van der Waals surface area contributed by atoms with Crippen molar-refractivity contribution in [3.05, 3.63) is 28.0 Å². The highest BCUT2D eigenvalue weighted by Gasteiger charge is 2.11. The molecule has 1 aromatic rings. The van der Waals surface area contributed by atoms with Gasteiger partial charge < -0.3 is 15.2 Å². The SMILES string of the molecule is O=C(O)COCCNC(=O)c1ccc(Cl)nc1Cl. The summed E-state index contributed by atoms with van der Waals surface area (Å²) in [5.41, 5.74) is 0.194. The molecule has 0 saturated heterocycles. The molecule has 0 aliphatic heterocycles. The molecule has 1 amide bonds. The van der Waals surface area contributed by atoms with Gasteiger partial charge in [-0.05, 0) is 12.1 Å². The average molecular weight is 293 g/mol. The van der Waals surface area contributed by atoms with Crippen molar-refractivity contribution in [1.82, 2.24) is 10.3 Å². The van der Waals surface area contributed by atoms with Crippen LogP contribution in [0.4, 0.5) is 0 Å². The number of carbonyl (C=O) groups is 2. The molecule has 0 aliphatic carbocycles. The molecule has 2 N–H and O–H groups in total.